The van der Waals surface area contributed by atoms with E-state index in [0.29, 0.717) is 18.8 Å². The second-order valence-corrected chi connectivity index (χ2v) is 6.79. The Morgan fingerprint density at radius 1 is 1.24 bits per heavy atom. The van der Waals surface area contributed by atoms with Crippen molar-refractivity contribution in [3.8, 4) is 0 Å². The minimum absolute atomic E-state index is 0.0598. The Hall–Kier alpha value is -2.61. The van der Waals surface area contributed by atoms with Crippen molar-refractivity contribution in [2.75, 3.05) is 13.1 Å². The number of thiazole rings is 1. The molecule has 0 aliphatic carbocycles. The van der Waals surface area contributed by atoms with E-state index >= 15 is 0 Å². The van der Waals surface area contributed by atoms with Gasteiger partial charge < -0.3 is 9.47 Å². The van der Waals surface area contributed by atoms with Crippen LogP contribution < -0.4 is 0 Å². The van der Waals surface area contributed by atoms with Gasteiger partial charge in [-0.15, -0.1) is 11.3 Å². The van der Waals surface area contributed by atoms with E-state index in [9.17, 15) is 4.79 Å². The van der Waals surface area contributed by atoms with Gasteiger partial charge in [0.2, 0.25) is 0 Å². The molecule has 0 unspecified atom stereocenters. The van der Waals surface area contributed by atoms with Gasteiger partial charge in [0.1, 0.15) is 11.5 Å². The number of likely N-dealkylation sites (tertiary alicyclic amines) is 1. The third-order valence-electron chi connectivity index (χ3n) is 4.42. The predicted molar refractivity (Wildman–Crippen MR) is 93.4 cm³/mol. The van der Waals surface area contributed by atoms with Gasteiger partial charge in [0.15, 0.2) is 0 Å². The molecule has 8 heteroatoms. The fraction of sp³-hybridized carbons (Fsp3) is 0.353. The topological polar surface area (TPSA) is 76.8 Å². The van der Waals surface area contributed by atoms with Crippen LogP contribution in [0.4, 0.5) is 0 Å². The van der Waals surface area contributed by atoms with E-state index in [0.717, 1.165) is 30.9 Å². The highest BCUT2D eigenvalue weighted by Crippen LogP contribution is 2.27. The van der Waals surface area contributed by atoms with Crippen LogP contribution >= 0.6 is 11.3 Å². The lowest BCUT2D eigenvalue weighted by Crippen LogP contribution is -2.40. The molecular formula is C17H18N6OS. The summed E-state index contributed by atoms with van der Waals surface area (Å²) in [7, 11) is 0. The van der Waals surface area contributed by atoms with Crippen LogP contribution in [0.15, 0.2) is 41.9 Å². The minimum atomic E-state index is -0.0598. The maximum absolute atomic E-state index is 12.6. The number of rotatable bonds is 4. The molecule has 3 aromatic rings. The first kappa shape index (κ1) is 15.9. The molecule has 4 rings (SSSR count). The van der Waals surface area contributed by atoms with Gasteiger partial charge in [-0.1, -0.05) is 0 Å². The van der Waals surface area contributed by atoms with E-state index in [1.165, 1.54) is 6.20 Å². The summed E-state index contributed by atoms with van der Waals surface area (Å²) in [6.45, 7) is 2.12. The average Bonchev–Trinajstić information content (AvgIpc) is 3.34. The molecule has 128 valence electrons. The maximum atomic E-state index is 12.6. The monoisotopic (exact) mass is 354 g/mol. The number of aromatic nitrogens is 5. The standard InChI is InChI=1S/C17H18N6OS/c24-17(15-8-18-3-4-19-15)23-6-1-2-13(9-23)16-20-5-7-22(16)10-14-11-25-12-21-14/h3-5,7-8,11-13H,1-2,6,9-10H2/t13-/m0/s1. The SMILES string of the molecule is O=C(c1cnccn1)N1CCC[C@H](c2nccn2Cc2cscn2)C1. The zero-order valence-electron chi connectivity index (χ0n) is 13.7. The molecule has 0 saturated carbocycles. The third kappa shape index (κ3) is 3.43. The number of amides is 1. The molecule has 0 spiro atoms. The summed E-state index contributed by atoms with van der Waals surface area (Å²) >= 11 is 1.59. The molecule has 1 fully saturated rings. The number of carbonyl (C=O) groups is 1. The first-order valence-electron chi connectivity index (χ1n) is 8.24. The quantitative estimate of drug-likeness (QED) is 0.718. The number of hydrogen-bond donors (Lipinski definition) is 0. The molecule has 0 aromatic carbocycles. The number of nitrogens with zero attached hydrogens (tertiary/aromatic N) is 6. The van der Waals surface area contributed by atoms with E-state index in [4.69, 9.17) is 0 Å². The summed E-state index contributed by atoms with van der Waals surface area (Å²) in [6.07, 6.45) is 10.4. The number of carbonyl (C=O) groups excluding carboxylic acids is 1. The van der Waals surface area contributed by atoms with Gasteiger partial charge in [0.05, 0.1) is 23.9 Å². The van der Waals surface area contributed by atoms with Crippen LogP contribution in [0.1, 0.15) is 40.8 Å². The van der Waals surface area contributed by atoms with Gasteiger partial charge >= 0.3 is 0 Å². The lowest BCUT2D eigenvalue weighted by molar-refractivity contribution is 0.0697. The Labute approximate surface area is 149 Å². The third-order valence-corrected chi connectivity index (χ3v) is 5.05. The molecule has 0 bridgehead atoms. The predicted octanol–water partition coefficient (Wildman–Crippen LogP) is 2.20. The molecule has 1 saturated heterocycles. The Morgan fingerprint density at radius 2 is 2.20 bits per heavy atom. The van der Waals surface area contributed by atoms with Gasteiger partial charge in [-0.2, -0.15) is 0 Å². The molecule has 1 atom stereocenters. The summed E-state index contributed by atoms with van der Waals surface area (Å²) in [6, 6.07) is 0. The molecule has 1 amide bonds. The molecule has 1 aliphatic heterocycles. The maximum Gasteiger partial charge on any atom is 0.274 e. The van der Waals surface area contributed by atoms with Crippen molar-refractivity contribution in [3.63, 3.8) is 0 Å². The van der Waals surface area contributed by atoms with Crippen molar-refractivity contribution in [1.82, 2.24) is 29.4 Å². The normalized spacial score (nSPS) is 17.6. The smallest absolute Gasteiger partial charge is 0.274 e. The lowest BCUT2D eigenvalue weighted by Gasteiger charge is -2.32. The van der Waals surface area contributed by atoms with Crippen LogP contribution in [0, 0.1) is 0 Å². The van der Waals surface area contributed by atoms with Gasteiger partial charge in [0, 0.05) is 49.2 Å². The van der Waals surface area contributed by atoms with Crippen LogP contribution in [-0.4, -0.2) is 48.4 Å². The van der Waals surface area contributed by atoms with Crippen molar-refractivity contribution in [1.29, 1.82) is 0 Å². The Kier molecular flexibility index (Phi) is 4.51. The number of piperidine rings is 1. The van der Waals surface area contributed by atoms with Gasteiger partial charge in [-0.25, -0.2) is 15.0 Å². The molecule has 3 aromatic heterocycles. The molecular weight excluding hydrogens is 336 g/mol. The first-order chi connectivity index (χ1) is 12.3. The highest BCUT2D eigenvalue weighted by molar-refractivity contribution is 7.07. The van der Waals surface area contributed by atoms with Crippen LogP contribution in [-0.2, 0) is 6.54 Å². The summed E-state index contributed by atoms with van der Waals surface area (Å²) in [5.41, 5.74) is 3.27. The largest absolute Gasteiger partial charge is 0.337 e. The minimum Gasteiger partial charge on any atom is -0.337 e. The van der Waals surface area contributed by atoms with Gasteiger partial charge in [-0.05, 0) is 12.8 Å². The number of hydrogen-bond acceptors (Lipinski definition) is 6. The second kappa shape index (κ2) is 7.10. The second-order valence-electron chi connectivity index (χ2n) is 6.07. The molecule has 0 N–H and O–H groups in total. The molecule has 25 heavy (non-hydrogen) atoms. The molecule has 1 aliphatic rings. The average molecular weight is 354 g/mol. The van der Waals surface area contributed by atoms with E-state index in [-0.39, 0.29) is 11.8 Å². The zero-order chi connectivity index (χ0) is 17.1. The van der Waals surface area contributed by atoms with Crippen LogP contribution in [0.3, 0.4) is 0 Å². The summed E-state index contributed by atoms with van der Waals surface area (Å²) in [4.78, 5) is 31.5. The Morgan fingerprint density at radius 3 is 3.00 bits per heavy atom. The van der Waals surface area contributed by atoms with Gasteiger partial charge in [0.25, 0.3) is 5.91 Å². The Balaban J connectivity index is 1.50. The van der Waals surface area contributed by atoms with E-state index < -0.39 is 0 Å². The molecule has 7 nitrogen and oxygen atoms in total. The van der Waals surface area contributed by atoms with Crippen molar-refractivity contribution in [2.45, 2.75) is 25.3 Å². The summed E-state index contributed by atoms with van der Waals surface area (Å²) < 4.78 is 2.13. The first-order valence-corrected chi connectivity index (χ1v) is 9.19. The molecule has 0 radical (unpaired) electrons. The fourth-order valence-electron chi connectivity index (χ4n) is 3.25. The highest BCUT2D eigenvalue weighted by Gasteiger charge is 2.28. The summed E-state index contributed by atoms with van der Waals surface area (Å²) in [5.74, 6) is 1.18. The van der Waals surface area contributed by atoms with E-state index in [1.807, 2.05) is 22.8 Å². The van der Waals surface area contributed by atoms with E-state index in [1.54, 1.807) is 23.7 Å². The lowest BCUT2D eigenvalue weighted by atomic mass is 9.96. The fourth-order valence-corrected chi connectivity index (χ4v) is 3.80. The summed E-state index contributed by atoms with van der Waals surface area (Å²) in [5, 5.41) is 2.05. The van der Waals surface area contributed by atoms with Crippen LogP contribution in [0.25, 0.3) is 0 Å². The highest BCUT2D eigenvalue weighted by atomic mass is 32.1. The van der Waals surface area contributed by atoms with Crippen LogP contribution in [0.5, 0.6) is 0 Å². The van der Waals surface area contributed by atoms with E-state index in [2.05, 4.69) is 29.9 Å². The number of imidazole rings is 1. The zero-order valence-corrected chi connectivity index (χ0v) is 14.5. The van der Waals surface area contributed by atoms with Gasteiger partial charge in [-0.3, -0.25) is 9.78 Å². The van der Waals surface area contributed by atoms with Crippen molar-refractivity contribution >= 4 is 17.2 Å². The van der Waals surface area contributed by atoms with Crippen LogP contribution in [0.2, 0.25) is 0 Å². The Bertz CT molecular complexity index is 832. The molecule has 4 heterocycles. The van der Waals surface area contributed by atoms with Crippen molar-refractivity contribution in [3.05, 3.63) is 59.1 Å². The van der Waals surface area contributed by atoms with Crippen molar-refractivity contribution < 1.29 is 4.79 Å². The van der Waals surface area contributed by atoms with Crippen molar-refractivity contribution in [2.24, 2.45) is 0 Å².